The highest BCUT2D eigenvalue weighted by Crippen LogP contribution is 2.37. The van der Waals surface area contributed by atoms with Gasteiger partial charge in [0.05, 0.1) is 13.2 Å². The van der Waals surface area contributed by atoms with Crippen LogP contribution in [0.1, 0.15) is 44.7 Å². The minimum absolute atomic E-state index is 0.166. The average molecular weight is 283 g/mol. The topological polar surface area (TPSA) is 18.5 Å². The summed E-state index contributed by atoms with van der Waals surface area (Å²) in [6.45, 7) is 7.96. The fourth-order valence-electron chi connectivity index (χ4n) is 2.43. The third-order valence-electron chi connectivity index (χ3n) is 3.58. The predicted molar refractivity (Wildman–Crippen MR) is 78.7 cm³/mol. The molecule has 0 radical (unpaired) electrons. The molecule has 1 fully saturated rings. The van der Waals surface area contributed by atoms with E-state index in [0.717, 1.165) is 18.4 Å². The maximum absolute atomic E-state index is 5.87. The minimum Gasteiger partial charge on any atom is -0.343 e. The van der Waals surface area contributed by atoms with Crippen molar-refractivity contribution in [2.45, 2.75) is 44.8 Å². The van der Waals surface area contributed by atoms with Gasteiger partial charge in [-0.15, -0.1) is 11.6 Å². The van der Waals surface area contributed by atoms with E-state index < -0.39 is 5.79 Å². The van der Waals surface area contributed by atoms with Gasteiger partial charge in [-0.1, -0.05) is 45.0 Å². The van der Waals surface area contributed by atoms with Crippen molar-refractivity contribution in [1.82, 2.24) is 0 Å². The molecule has 1 saturated heterocycles. The molecule has 0 N–H and O–H groups in total. The Hall–Kier alpha value is -0.570. The summed E-state index contributed by atoms with van der Waals surface area (Å²) in [5.74, 6) is 0.0554. The van der Waals surface area contributed by atoms with Crippen molar-refractivity contribution in [3.63, 3.8) is 0 Å². The van der Waals surface area contributed by atoms with E-state index in [1.54, 1.807) is 0 Å². The number of alkyl halides is 1. The Balaban J connectivity index is 2.23. The Labute approximate surface area is 121 Å². The van der Waals surface area contributed by atoms with Gasteiger partial charge in [0.2, 0.25) is 0 Å². The Kier molecular flexibility index (Phi) is 4.54. The van der Waals surface area contributed by atoms with E-state index in [1.807, 2.05) is 0 Å². The van der Waals surface area contributed by atoms with Crippen LogP contribution in [0.25, 0.3) is 0 Å². The molecule has 1 aromatic rings. The molecule has 1 aromatic carbocycles. The summed E-state index contributed by atoms with van der Waals surface area (Å²) < 4.78 is 11.7. The van der Waals surface area contributed by atoms with Crippen LogP contribution in [-0.2, 0) is 20.7 Å². The fraction of sp³-hybridized carbons (Fsp3) is 0.625. The molecule has 0 aliphatic carbocycles. The van der Waals surface area contributed by atoms with Crippen molar-refractivity contribution in [1.29, 1.82) is 0 Å². The maximum Gasteiger partial charge on any atom is 0.195 e. The van der Waals surface area contributed by atoms with E-state index in [9.17, 15) is 0 Å². The van der Waals surface area contributed by atoms with Gasteiger partial charge in [0, 0.05) is 17.9 Å². The van der Waals surface area contributed by atoms with Crippen molar-refractivity contribution in [3.05, 3.63) is 35.4 Å². The Morgan fingerprint density at radius 2 is 1.68 bits per heavy atom. The van der Waals surface area contributed by atoms with Gasteiger partial charge in [0.25, 0.3) is 0 Å². The summed E-state index contributed by atoms with van der Waals surface area (Å²) in [5.41, 5.74) is 2.59. The number of hydrogen-bond acceptors (Lipinski definition) is 2. The van der Waals surface area contributed by atoms with E-state index in [4.69, 9.17) is 21.1 Å². The summed E-state index contributed by atoms with van der Waals surface area (Å²) >= 11 is 5.80. The van der Waals surface area contributed by atoms with Crippen molar-refractivity contribution in [3.8, 4) is 0 Å². The van der Waals surface area contributed by atoms with Crippen LogP contribution < -0.4 is 0 Å². The van der Waals surface area contributed by atoms with Crippen LogP contribution >= 0.6 is 11.6 Å². The minimum atomic E-state index is -0.578. The molecule has 2 rings (SSSR count). The first-order chi connectivity index (χ1) is 8.98. The van der Waals surface area contributed by atoms with Crippen LogP contribution in [0.4, 0.5) is 0 Å². The molecule has 0 aromatic heterocycles. The van der Waals surface area contributed by atoms with Crippen LogP contribution in [0.2, 0.25) is 0 Å². The van der Waals surface area contributed by atoms with Gasteiger partial charge in [0.15, 0.2) is 5.79 Å². The summed E-state index contributed by atoms with van der Waals surface area (Å²) in [5, 5.41) is 0. The first-order valence-electron chi connectivity index (χ1n) is 6.93. The molecule has 0 saturated carbocycles. The smallest absolute Gasteiger partial charge is 0.195 e. The molecule has 1 aliphatic heterocycles. The number of ether oxygens (including phenoxy) is 2. The zero-order valence-electron chi connectivity index (χ0n) is 12.0. The Bertz CT molecular complexity index is 400. The zero-order valence-corrected chi connectivity index (χ0v) is 12.8. The van der Waals surface area contributed by atoms with Crippen LogP contribution in [0.15, 0.2) is 24.3 Å². The summed E-state index contributed by atoms with van der Waals surface area (Å²) in [7, 11) is 0. The molecule has 1 heterocycles. The molecular weight excluding hydrogens is 260 g/mol. The van der Waals surface area contributed by atoms with Gasteiger partial charge in [-0.05, 0) is 17.4 Å². The maximum atomic E-state index is 5.87. The van der Waals surface area contributed by atoms with E-state index in [0.29, 0.717) is 19.1 Å². The summed E-state index contributed by atoms with van der Waals surface area (Å²) in [6.07, 6.45) is 1.70. The van der Waals surface area contributed by atoms with Crippen molar-refractivity contribution in [2.24, 2.45) is 0 Å². The van der Waals surface area contributed by atoms with Gasteiger partial charge in [0.1, 0.15) is 0 Å². The molecule has 0 unspecified atom stereocenters. The Morgan fingerprint density at radius 3 is 2.16 bits per heavy atom. The highest BCUT2D eigenvalue weighted by atomic mass is 35.5. The molecule has 0 spiro atoms. The molecule has 0 bridgehead atoms. The normalized spacial score (nSPS) is 18.7. The number of rotatable bonds is 4. The zero-order chi connectivity index (χ0) is 13.9. The molecule has 2 nitrogen and oxygen atoms in total. The third-order valence-corrected chi connectivity index (χ3v) is 3.85. The first-order valence-corrected chi connectivity index (χ1v) is 7.46. The summed E-state index contributed by atoms with van der Waals surface area (Å²) in [4.78, 5) is 0. The fourth-order valence-corrected chi connectivity index (χ4v) is 2.57. The number of hydrogen-bond donors (Lipinski definition) is 0. The standard InChI is InChI=1S/C16H23ClO2/c1-15(2,3)13-5-7-14(8-6-13)16(9-4-10-17)18-11-12-19-16/h5-8H,4,9-12H2,1-3H3. The second-order valence-electron chi connectivity index (χ2n) is 6.07. The SMILES string of the molecule is CC(C)(C)c1ccc(C2(CCCCl)OCCO2)cc1. The van der Waals surface area contributed by atoms with Crippen molar-refractivity contribution < 1.29 is 9.47 Å². The molecular formula is C16H23ClO2. The summed E-state index contributed by atoms with van der Waals surface area (Å²) in [6, 6.07) is 8.59. The number of benzene rings is 1. The highest BCUT2D eigenvalue weighted by molar-refractivity contribution is 6.17. The van der Waals surface area contributed by atoms with E-state index >= 15 is 0 Å². The molecule has 3 heteroatoms. The largest absolute Gasteiger partial charge is 0.343 e. The Morgan fingerprint density at radius 1 is 1.11 bits per heavy atom. The van der Waals surface area contributed by atoms with E-state index in [1.165, 1.54) is 5.56 Å². The van der Waals surface area contributed by atoms with Crippen LogP contribution in [0.3, 0.4) is 0 Å². The molecule has 19 heavy (non-hydrogen) atoms. The molecule has 0 atom stereocenters. The van der Waals surface area contributed by atoms with Crippen LogP contribution in [0, 0.1) is 0 Å². The van der Waals surface area contributed by atoms with Crippen LogP contribution in [-0.4, -0.2) is 19.1 Å². The van der Waals surface area contributed by atoms with Gasteiger partial charge >= 0.3 is 0 Å². The van der Waals surface area contributed by atoms with Gasteiger partial charge in [-0.3, -0.25) is 0 Å². The number of halogens is 1. The lowest BCUT2D eigenvalue weighted by atomic mass is 9.86. The lowest BCUT2D eigenvalue weighted by molar-refractivity contribution is -0.170. The highest BCUT2D eigenvalue weighted by Gasteiger charge is 2.37. The second-order valence-corrected chi connectivity index (χ2v) is 6.45. The van der Waals surface area contributed by atoms with E-state index in [2.05, 4.69) is 45.0 Å². The van der Waals surface area contributed by atoms with E-state index in [-0.39, 0.29) is 5.41 Å². The van der Waals surface area contributed by atoms with Crippen LogP contribution in [0.5, 0.6) is 0 Å². The second kappa shape index (κ2) is 5.82. The monoisotopic (exact) mass is 282 g/mol. The van der Waals surface area contributed by atoms with Gasteiger partial charge in [-0.25, -0.2) is 0 Å². The van der Waals surface area contributed by atoms with Gasteiger partial charge in [-0.2, -0.15) is 0 Å². The third kappa shape index (κ3) is 3.31. The average Bonchev–Trinajstić information content (AvgIpc) is 2.85. The predicted octanol–water partition coefficient (Wildman–Crippen LogP) is 4.20. The van der Waals surface area contributed by atoms with Crippen molar-refractivity contribution in [2.75, 3.05) is 19.1 Å². The molecule has 0 amide bonds. The first kappa shape index (κ1) is 14.8. The quantitative estimate of drug-likeness (QED) is 0.771. The van der Waals surface area contributed by atoms with Crippen molar-refractivity contribution >= 4 is 11.6 Å². The molecule has 106 valence electrons. The molecule has 1 aliphatic rings. The lowest BCUT2D eigenvalue weighted by Crippen LogP contribution is -2.27. The lowest BCUT2D eigenvalue weighted by Gasteiger charge is -2.28. The van der Waals surface area contributed by atoms with Gasteiger partial charge < -0.3 is 9.47 Å².